The minimum atomic E-state index is -0.454. The van der Waals surface area contributed by atoms with Crippen molar-refractivity contribution in [2.45, 2.75) is 63.3 Å². The molecule has 0 aromatic heterocycles. The molecule has 1 saturated heterocycles. The molecule has 3 unspecified atom stereocenters. The topological polar surface area (TPSA) is 78.9 Å². The van der Waals surface area contributed by atoms with Crippen molar-refractivity contribution in [1.82, 2.24) is 10.2 Å². The molecule has 6 heteroatoms. The largest absolute Gasteiger partial charge is 0.488 e. The van der Waals surface area contributed by atoms with E-state index in [2.05, 4.69) is 11.9 Å². The fourth-order valence-corrected chi connectivity index (χ4v) is 4.09. The smallest absolute Gasteiger partial charge is 0.255 e. The standard InChI is InChI=1S/C20H24N2O4/c1-12-6-9-16(19(24)21-12)22-11-13-10-14(7-8-15(13)20(22)25)26-18-5-3-2-4-17(18)23/h7-8,10,16-18,23H,1-6,9,11H2,(H,21,24). The van der Waals surface area contributed by atoms with Crippen molar-refractivity contribution in [2.24, 2.45) is 0 Å². The van der Waals surface area contributed by atoms with Crippen LogP contribution in [0.1, 0.15) is 54.4 Å². The van der Waals surface area contributed by atoms with Crippen LogP contribution in [-0.4, -0.2) is 40.1 Å². The van der Waals surface area contributed by atoms with Crippen molar-refractivity contribution in [3.63, 3.8) is 0 Å². The molecule has 1 aromatic carbocycles. The van der Waals surface area contributed by atoms with Gasteiger partial charge in [-0.25, -0.2) is 0 Å². The molecule has 26 heavy (non-hydrogen) atoms. The van der Waals surface area contributed by atoms with Gasteiger partial charge in [-0.1, -0.05) is 13.0 Å². The molecule has 6 nitrogen and oxygen atoms in total. The van der Waals surface area contributed by atoms with Gasteiger partial charge < -0.3 is 20.1 Å². The highest BCUT2D eigenvalue weighted by atomic mass is 16.5. The average molecular weight is 356 g/mol. The Balaban J connectivity index is 1.49. The van der Waals surface area contributed by atoms with Crippen molar-refractivity contribution < 1.29 is 19.4 Å². The molecule has 3 atom stereocenters. The number of ether oxygens (including phenoxy) is 1. The van der Waals surface area contributed by atoms with Crippen LogP contribution in [0, 0.1) is 0 Å². The van der Waals surface area contributed by atoms with Crippen LogP contribution in [0.2, 0.25) is 0 Å². The van der Waals surface area contributed by atoms with Crippen molar-refractivity contribution in [3.8, 4) is 5.75 Å². The number of fused-ring (bicyclic) bond motifs is 1. The molecular formula is C20H24N2O4. The predicted octanol–water partition coefficient (Wildman–Crippen LogP) is 2.12. The Morgan fingerprint density at radius 2 is 2.00 bits per heavy atom. The maximum absolute atomic E-state index is 12.7. The van der Waals surface area contributed by atoms with Crippen molar-refractivity contribution in [2.75, 3.05) is 0 Å². The normalized spacial score (nSPS) is 28.7. The molecule has 138 valence electrons. The monoisotopic (exact) mass is 356 g/mol. The van der Waals surface area contributed by atoms with Crippen LogP contribution in [0.4, 0.5) is 0 Å². The fourth-order valence-electron chi connectivity index (χ4n) is 4.09. The quantitative estimate of drug-likeness (QED) is 0.869. The van der Waals surface area contributed by atoms with Gasteiger partial charge in [0.1, 0.15) is 17.9 Å². The number of nitrogens with zero attached hydrogens (tertiary/aromatic N) is 1. The number of carbonyl (C=O) groups is 2. The molecular weight excluding hydrogens is 332 g/mol. The Kier molecular flexibility index (Phi) is 4.44. The van der Waals surface area contributed by atoms with Crippen LogP contribution in [0.25, 0.3) is 0 Å². The summed E-state index contributed by atoms with van der Waals surface area (Å²) in [7, 11) is 0. The SMILES string of the molecule is C=C1CCC(N2Cc3cc(OC4CCCCC4O)ccc3C2=O)C(=O)N1. The average Bonchev–Trinajstić information content (AvgIpc) is 2.93. The van der Waals surface area contributed by atoms with Gasteiger partial charge in [0.25, 0.3) is 5.91 Å². The van der Waals surface area contributed by atoms with E-state index in [9.17, 15) is 14.7 Å². The number of rotatable bonds is 3. The zero-order valence-electron chi connectivity index (χ0n) is 14.7. The van der Waals surface area contributed by atoms with E-state index in [1.807, 2.05) is 6.07 Å². The van der Waals surface area contributed by atoms with Crippen molar-refractivity contribution in [1.29, 1.82) is 0 Å². The second kappa shape index (κ2) is 6.76. The molecule has 2 heterocycles. The minimum Gasteiger partial charge on any atom is -0.488 e. The molecule has 2 N–H and O–H groups in total. The van der Waals surface area contributed by atoms with E-state index in [1.165, 1.54) is 0 Å². The highest BCUT2D eigenvalue weighted by Gasteiger charge is 2.38. The number of allylic oxidation sites excluding steroid dienone is 1. The van der Waals surface area contributed by atoms with Gasteiger partial charge in [-0.3, -0.25) is 9.59 Å². The van der Waals surface area contributed by atoms with Gasteiger partial charge in [0.05, 0.1) is 6.10 Å². The third kappa shape index (κ3) is 3.09. The Bertz CT molecular complexity index is 760. The first-order valence-corrected chi connectivity index (χ1v) is 9.30. The van der Waals surface area contributed by atoms with Crippen LogP contribution in [0.15, 0.2) is 30.5 Å². The first-order chi connectivity index (χ1) is 12.5. The molecule has 2 amide bonds. The van der Waals surface area contributed by atoms with Gasteiger partial charge in [0, 0.05) is 17.8 Å². The maximum atomic E-state index is 12.7. The molecule has 2 aliphatic heterocycles. The number of benzene rings is 1. The molecule has 0 radical (unpaired) electrons. The van der Waals surface area contributed by atoms with Crippen molar-refractivity contribution in [3.05, 3.63) is 41.6 Å². The van der Waals surface area contributed by atoms with Gasteiger partial charge in [0.2, 0.25) is 5.91 Å². The summed E-state index contributed by atoms with van der Waals surface area (Å²) in [6, 6.07) is 4.96. The number of aliphatic hydroxyl groups excluding tert-OH is 1. The Morgan fingerprint density at radius 3 is 2.77 bits per heavy atom. The summed E-state index contributed by atoms with van der Waals surface area (Å²) < 4.78 is 5.97. The molecule has 3 aliphatic rings. The van der Waals surface area contributed by atoms with E-state index in [0.29, 0.717) is 36.4 Å². The third-order valence-electron chi connectivity index (χ3n) is 5.56. The van der Waals surface area contributed by atoms with Crippen LogP contribution >= 0.6 is 0 Å². The zero-order chi connectivity index (χ0) is 18.3. The van der Waals surface area contributed by atoms with Gasteiger partial charge >= 0.3 is 0 Å². The number of hydrogen-bond acceptors (Lipinski definition) is 4. The lowest BCUT2D eigenvalue weighted by atomic mass is 9.95. The molecule has 4 rings (SSSR count). The lowest BCUT2D eigenvalue weighted by molar-refractivity contribution is -0.126. The van der Waals surface area contributed by atoms with Crippen LogP contribution in [0.5, 0.6) is 5.75 Å². The number of nitrogens with one attached hydrogen (secondary N) is 1. The highest BCUT2D eigenvalue weighted by molar-refractivity contribution is 6.01. The number of carbonyl (C=O) groups excluding carboxylic acids is 2. The zero-order valence-corrected chi connectivity index (χ0v) is 14.7. The first-order valence-electron chi connectivity index (χ1n) is 9.30. The summed E-state index contributed by atoms with van der Waals surface area (Å²) in [5, 5.41) is 12.8. The predicted molar refractivity (Wildman–Crippen MR) is 95.5 cm³/mol. The summed E-state index contributed by atoms with van der Waals surface area (Å²) in [6.07, 6.45) is 4.36. The Morgan fingerprint density at radius 1 is 1.19 bits per heavy atom. The lowest BCUT2D eigenvalue weighted by Gasteiger charge is -2.30. The van der Waals surface area contributed by atoms with E-state index >= 15 is 0 Å². The first kappa shape index (κ1) is 17.1. The van der Waals surface area contributed by atoms with Gasteiger partial charge in [-0.15, -0.1) is 0 Å². The molecule has 0 spiro atoms. The number of amides is 2. The van der Waals surface area contributed by atoms with E-state index in [4.69, 9.17) is 4.74 Å². The number of piperidine rings is 1. The van der Waals surface area contributed by atoms with Crippen LogP contribution in [0.3, 0.4) is 0 Å². The Labute approximate surface area is 152 Å². The summed E-state index contributed by atoms with van der Waals surface area (Å²) >= 11 is 0. The second-order valence-corrected chi connectivity index (χ2v) is 7.41. The van der Waals surface area contributed by atoms with E-state index in [1.54, 1.807) is 17.0 Å². The van der Waals surface area contributed by atoms with Gasteiger partial charge in [0.15, 0.2) is 0 Å². The minimum absolute atomic E-state index is 0.114. The molecule has 1 saturated carbocycles. The van der Waals surface area contributed by atoms with Gasteiger partial charge in [-0.2, -0.15) is 0 Å². The molecule has 1 aliphatic carbocycles. The fraction of sp³-hybridized carbons (Fsp3) is 0.500. The Hall–Kier alpha value is -2.34. The second-order valence-electron chi connectivity index (χ2n) is 7.41. The molecule has 1 aromatic rings. The number of aliphatic hydroxyl groups is 1. The summed E-state index contributed by atoms with van der Waals surface area (Å²) in [4.78, 5) is 26.6. The molecule has 2 fully saturated rings. The number of hydrogen-bond donors (Lipinski definition) is 2. The van der Waals surface area contributed by atoms with Crippen LogP contribution < -0.4 is 10.1 Å². The van der Waals surface area contributed by atoms with Crippen LogP contribution in [-0.2, 0) is 11.3 Å². The van der Waals surface area contributed by atoms with Gasteiger partial charge in [-0.05, 0) is 55.9 Å². The third-order valence-corrected chi connectivity index (χ3v) is 5.56. The molecule has 0 bridgehead atoms. The van der Waals surface area contributed by atoms with E-state index < -0.39 is 12.1 Å². The summed E-state index contributed by atoms with van der Waals surface area (Å²) in [6.45, 7) is 4.19. The lowest BCUT2D eigenvalue weighted by Crippen LogP contribution is -2.49. The van der Waals surface area contributed by atoms with E-state index in [-0.39, 0.29) is 17.9 Å². The summed E-state index contributed by atoms with van der Waals surface area (Å²) in [5.74, 6) is 0.395. The highest BCUT2D eigenvalue weighted by Crippen LogP contribution is 2.32. The van der Waals surface area contributed by atoms with Crippen molar-refractivity contribution >= 4 is 11.8 Å². The van der Waals surface area contributed by atoms with E-state index in [0.717, 1.165) is 31.2 Å². The maximum Gasteiger partial charge on any atom is 0.255 e. The summed E-state index contributed by atoms with van der Waals surface area (Å²) in [5.41, 5.74) is 2.20.